The van der Waals surface area contributed by atoms with Crippen molar-refractivity contribution < 1.29 is 23.5 Å². The normalized spacial score (nSPS) is 12.1. The monoisotopic (exact) mass is 268 g/mol. The second-order valence-electron chi connectivity index (χ2n) is 4.32. The minimum Gasteiger partial charge on any atom is -0.496 e. The Morgan fingerprint density at radius 3 is 1.95 bits per heavy atom. The molecule has 0 saturated heterocycles. The van der Waals surface area contributed by atoms with E-state index in [1.54, 1.807) is 19.9 Å². The third-order valence-electron chi connectivity index (χ3n) is 2.72. The molecular formula is C14H17FO4. The van der Waals surface area contributed by atoms with E-state index in [0.29, 0.717) is 0 Å². The first-order valence-electron chi connectivity index (χ1n) is 5.87. The maximum absolute atomic E-state index is 13.9. The number of carbonyl (C=O) groups is 2. The number of halogens is 1. The number of carbonyl (C=O) groups excluding carboxylic acids is 2. The number of hydrogen-bond acceptors (Lipinski definition) is 4. The number of rotatable bonds is 6. The molecule has 0 saturated carbocycles. The van der Waals surface area contributed by atoms with Crippen LogP contribution in [-0.4, -0.2) is 32.0 Å². The van der Waals surface area contributed by atoms with Crippen molar-refractivity contribution in [1.29, 1.82) is 0 Å². The third kappa shape index (κ3) is 3.10. The van der Waals surface area contributed by atoms with Crippen molar-refractivity contribution in [2.45, 2.75) is 20.0 Å². The Morgan fingerprint density at radius 1 is 1.11 bits per heavy atom. The van der Waals surface area contributed by atoms with Crippen LogP contribution in [0.3, 0.4) is 0 Å². The first-order chi connectivity index (χ1) is 8.93. The molecule has 0 N–H and O–H groups in total. The van der Waals surface area contributed by atoms with Gasteiger partial charge in [0, 0.05) is 5.92 Å². The van der Waals surface area contributed by atoms with E-state index in [4.69, 9.17) is 9.47 Å². The Hall–Kier alpha value is -1.91. The lowest BCUT2D eigenvalue weighted by atomic mass is 9.97. The summed E-state index contributed by atoms with van der Waals surface area (Å²) in [6.07, 6.45) is -2.20. The van der Waals surface area contributed by atoms with Gasteiger partial charge >= 0.3 is 0 Å². The van der Waals surface area contributed by atoms with Crippen molar-refractivity contribution in [3.63, 3.8) is 0 Å². The molecule has 19 heavy (non-hydrogen) atoms. The number of Topliss-reactive ketones (excluding diaryl/α,β-unsaturated/α-hetero) is 2. The van der Waals surface area contributed by atoms with E-state index in [-0.39, 0.29) is 17.1 Å². The molecular weight excluding hydrogens is 251 g/mol. The maximum atomic E-state index is 13.9. The molecule has 0 fully saturated rings. The summed E-state index contributed by atoms with van der Waals surface area (Å²) in [6.45, 7) is 3.09. The first-order valence-corrected chi connectivity index (χ1v) is 5.87. The number of ketones is 2. The Morgan fingerprint density at radius 2 is 1.58 bits per heavy atom. The fraction of sp³-hybridized carbons (Fsp3) is 0.429. The molecule has 5 heteroatoms. The highest BCUT2D eigenvalue weighted by Crippen LogP contribution is 2.30. The van der Waals surface area contributed by atoms with Crippen LogP contribution in [0.1, 0.15) is 24.2 Å². The molecule has 0 amide bonds. The molecule has 0 aliphatic rings. The van der Waals surface area contributed by atoms with Gasteiger partial charge in [0.05, 0.1) is 14.2 Å². The predicted octanol–water partition coefficient (Wildman–Crippen LogP) is 2.45. The van der Waals surface area contributed by atoms with Gasteiger partial charge in [-0.1, -0.05) is 19.9 Å². The van der Waals surface area contributed by atoms with E-state index >= 15 is 0 Å². The van der Waals surface area contributed by atoms with Crippen LogP contribution in [-0.2, 0) is 4.79 Å². The summed E-state index contributed by atoms with van der Waals surface area (Å²) in [4.78, 5) is 23.7. The van der Waals surface area contributed by atoms with Crippen molar-refractivity contribution in [3.05, 3.63) is 23.8 Å². The summed E-state index contributed by atoms with van der Waals surface area (Å²) >= 11 is 0. The first kappa shape index (κ1) is 15.1. The molecule has 4 nitrogen and oxygen atoms in total. The molecule has 0 bridgehead atoms. The highest BCUT2D eigenvalue weighted by molar-refractivity contribution is 6.15. The molecule has 1 unspecified atom stereocenters. The van der Waals surface area contributed by atoms with Gasteiger partial charge in [-0.15, -0.1) is 0 Å². The van der Waals surface area contributed by atoms with Crippen molar-refractivity contribution >= 4 is 11.6 Å². The minimum absolute atomic E-state index is 0.0472. The molecule has 104 valence electrons. The van der Waals surface area contributed by atoms with Crippen LogP contribution in [0.2, 0.25) is 0 Å². The smallest absolute Gasteiger partial charge is 0.221 e. The lowest BCUT2D eigenvalue weighted by Crippen LogP contribution is -2.30. The summed E-state index contributed by atoms with van der Waals surface area (Å²) in [7, 11) is 2.73. The number of methoxy groups -OCH3 is 2. The molecule has 1 aromatic rings. The molecule has 0 heterocycles. The largest absolute Gasteiger partial charge is 0.496 e. The quantitative estimate of drug-likeness (QED) is 0.587. The van der Waals surface area contributed by atoms with Gasteiger partial charge in [0.2, 0.25) is 12.0 Å². The lowest BCUT2D eigenvalue weighted by molar-refractivity contribution is -0.125. The van der Waals surface area contributed by atoms with Gasteiger partial charge in [0.1, 0.15) is 17.1 Å². The van der Waals surface area contributed by atoms with Gasteiger partial charge in [0.15, 0.2) is 5.78 Å². The van der Waals surface area contributed by atoms with Gasteiger partial charge in [-0.2, -0.15) is 0 Å². The Bertz CT molecular complexity index is 460. The summed E-state index contributed by atoms with van der Waals surface area (Å²) in [5.74, 6) is -1.88. The SMILES string of the molecule is COc1cccc(OC)c1C(=O)C(F)C(=O)C(C)C. The van der Waals surface area contributed by atoms with Gasteiger partial charge in [-0.25, -0.2) is 4.39 Å². The zero-order valence-corrected chi connectivity index (χ0v) is 11.4. The molecule has 0 spiro atoms. The average molecular weight is 268 g/mol. The fourth-order valence-corrected chi connectivity index (χ4v) is 1.64. The highest BCUT2D eigenvalue weighted by atomic mass is 19.1. The Labute approximate surface area is 111 Å². The number of ether oxygens (including phenoxy) is 2. The van der Waals surface area contributed by atoms with Gasteiger partial charge in [-0.3, -0.25) is 9.59 Å². The van der Waals surface area contributed by atoms with Crippen LogP contribution in [0.25, 0.3) is 0 Å². The van der Waals surface area contributed by atoms with Crippen molar-refractivity contribution in [1.82, 2.24) is 0 Å². The number of alkyl halides is 1. The van der Waals surface area contributed by atoms with Crippen LogP contribution in [0.5, 0.6) is 11.5 Å². The summed E-state index contributed by atoms with van der Waals surface area (Å²) < 4.78 is 24.0. The molecule has 0 radical (unpaired) electrons. The van der Waals surface area contributed by atoms with E-state index in [1.165, 1.54) is 26.4 Å². The maximum Gasteiger partial charge on any atom is 0.221 e. The zero-order chi connectivity index (χ0) is 14.6. The van der Waals surface area contributed by atoms with Crippen molar-refractivity contribution in [3.8, 4) is 11.5 Å². The lowest BCUT2D eigenvalue weighted by Gasteiger charge is -2.14. The number of benzene rings is 1. The van der Waals surface area contributed by atoms with E-state index in [2.05, 4.69) is 0 Å². The second kappa shape index (κ2) is 6.31. The van der Waals surface area contributed by atoms with E-state index in [1.807, 2.05) is 0 Å². The average Bonchev–Trinajstić information content (AvgIpc) is 2.43. The van der Waals surface area contributed by atoms with Gasteiger partial charge in [-0.05, 0) is 12.1 Å². The van der Waals surface area contributed by atoms with Crippen molar-refractivity contribution in [2.75, 3.05) is 14.2 Å². The standard InChI is InChI=1S/C14H17FO4/c1-8(2)13(16)12(15)14(17)11-9(18-3)6-5-7-10(11)19-4/h5-8,12H,1-4H3. The Kier molecular flexibility index (Phi) is 5.03. The van der Waals surface area contributed by atoms with Gasteiger partial charge in [0.25, 0.3) is 0 Å². The van der Waals surface area contributed by atoms with E-state index < -0.39 is 23.7 Å². The van der Waals surface area contributed by atoms with Crippen LogP contribution in [0.4, 0.5) is 4.39 Å². The molecule has 0 aromatic heterocycles. The van der Waals surface area contributed by atoms with E-state index in [0.717, 1.165) is 0 Å². The summed E-state index contributed by atoms with van der Waals surface area (Å²) in [6, 6.07) is 4.65. The van der Waals surface area contributed by atoms with E-state index in [9.17, 15) is 14.0 Å². The topological polar surface area (TPSA) is 52.6 Å². The fourth-order valence-electron chi connectivity index (χ4n) is 1.64. The molecule has 1 aromatic carbocycles. The van der Waals surface area contributed by atoms with Crippen LogP contribution in [0, 0.1) is 5.92 Å². The molecule has 1 rings (SSSR count). The van der Waals surface area contributed by atoms with Gasteiger partial charge < -0.3 is 9.47 Å². The summed E-state index contributed by atoms with van der Waals surface area (Å²) in [5, 5.41) is 0. The summed E-state index contributed by atoms with van der Waals surface area (Å²) in [5.41, 5.74) is -0.0472. The van der Waals surface area contributed by atoms with Crippen molar-refractivity contribution in [2.24, 2.45) is 5.92 Å². The molecule has 0 aliphatic carbocycles. The third-order valence-corrected chi connectivity index (χ3v) is 2.72. The van der Waals surface area contributed by atoms with Crippen LogP contribution < -0.4 is 9.47 Å². The second-order valence-corrected chi connectivity index (χ2v) is 4.32. The molecule has 1 atom stereocenters. The number of hydrogen-bond donors (Lipinski definition) is 0. The molecule has 0 aliphatic heterocycles. The highest BCUT2D eigenvalue weighted by Gasteiger charge is 2.32. The van der Waals surface area contributed by atoms with Crippen LogP contribution in [0.15, 0.2) is 18.2 Å². The minimum atomic E-state index is -2.20. The zero-order valence-electron chi connectivity index (χ0n) is 11.4. The predicted molar refractivity (Wildman–Crippen MR) is 68.6 cm³/mol. The Balaban J connectivity index is 3.22. The van der Waals surface area contributed by atoms with Crippen LogP contribution >= 0.6 is 0 Å².